The van der Waals surface area contributed by atoms with E-state index in [1.54, 1.807) is 54.6 Å². The van der Waals surface area contributed by atoms with Gasteiger partial charge in [0.25, 0.3) is 17.5 Å². The van der Waals surface area contributed by atoms with E-state index in [0.29, 0.717) is 27.9 Å². The Morgan fingerprint density at radius 1 is 0.870 bits per heavy atom. The molecule has 0 saturated carbocycles. The number of hydrogen-bond donors (Lipinski definition) is 3. The third-order valence-electron chi connectivity index (χ3n) is 7.84. The standard InChI is InChI=1S/C41H33N5O6S2/c1-2-52-32-22-20-27(21-23-32)35-26-53-41(44-35)45-40(49)37(28-12-5-3-6-13-28)54-33-18-11-17-31(25-33)42-39(48)34(43-38(47)29-14-7-4-8-15-29)24-30-16-9-10-19-36(30)46(50)51/h3-26,37H,2H2,1H3,(H,42,48)(H,43,47)(H,44,45,49)/b34-24+. The Hall–Kier alpha value is -6.57. The third kappa shape index (κ3) is 9.64. The molecule has 1 unspecified atom stereocenters. The lowest BCUT2D eigenvalue weighted by molar-refractivity contribution is -0.385. The van der Waals surface area contributed by atoms with Crippen LogP contribution in [0.1, 0.15) is 33.7 Å². The van der Waals surface area contributed by atoms with Gasteiger partial charge in [0.2, 0.25) is 5.91 Å². The topological polar surface area (TPSA) is 153 Å². The van der Waals surface area contributed by atoms with Crippen molar-refractivity contribution < 1.29 is 24.0 Å². The van der Waals surface area contributed by atoms with Crippen molar-refractivity contribution >= 4 is 63.4 Å². The summed E-state index contributed by atoms with van der Waals surface area (Å²) >= 11 is 2.60. The highest BCUT2D eigenvalue weighted by Crippen LogP contribution is 2.38. The van der Waals surface area contributed by atoms with Crippen molar-refractivity contribution in [2.75, 3.05) is 17.2 Å². The lowest BCUT2D eigenvalue weighted by Gasteiger charge is -2.17. The van der Waals surface area contributed by atoms with E-state index < -0.39 is 22.0 Å². The first-order chi connectivity index (χ1) is 26.3. The number of thiazole rings is 1. The Labute approximate surface area is 319 Å². The Morgan fingerprint density at radius 3 is 2.30 bits per heavy atom. The summed E-state index contributed by atoms with van der Waals surface area (Å²) < 4.78 is 5.53. The van der Waals surface area contributed by atoms with Gasteiger partial charge in [0.15, 0.2) is 5.13 Å². The van der Waals surface area contributed by atoms with Crippen LogP contribution < -0.4 is 20.7 Å². The molecule has 1 heterocycles. The number of nitrogens with zero attached hydrogens (tertiary/aromatic N) is 2. The molecule has 13 heteroatoms. The SMILES string of the molecule is CCOc1ccc(-c2csc(NC(=O)C(Sc3cccc(NC(=O)/C(=C\c4ccccc4[N+](=O)[O-])NC(=O)c4ccccc4)c3)c3ccccc3)n2)cc1. The molecule has 0 aliphatic heterocycles. The van der Waals surface area contributed by atoms with Gasteiger partial charge in [-0.05, 0) is 79.2 Å². The highest BCUT2D eigenvalue weighted by Gasteiger charge is 2.24. The lowest BCUT2D eigenvalue weighted by atomic mass is 10.1. The second-order valence-electron chi connectivity index (χ2n) is 11.6. The van der Waals surface area contributed by atoms with Crippen molar-refractivity contribution in [3.63, 3.8) is 0 Å². The van der Waals surface area contributed by atoms with Crippen LogP contribution in [-0.2, 0) is 9.59 Å². The number of carbonyl (C=O) groups is 3. The molecule has 0 spiro atoms. The Morgan fingerprint density at radius 2 is 1.57 bits per heavy atom. The fourth-order valence-corrected chi connectivity index (χ4v) is 7.09. The van der Waals surface area contributed by atoms with Crippen molar-refractivity contribution in [1.29, 1.82) is 0 Å². The summed E-state index contributed by atoms with van der Waals surface area (Å²) in [6.07, 6.45) is 1.27. The van der Waals surface area contributed by atoms with E-state index in [0.717, 1.165) is 22.6 Å². The van der Waals surface area contributed by atoms with E-state index in [9.17, 15) is 24.5 Å². The van der Waals surface area contributed by atoms with Crippen LogP contribution in [-0.4, -0.2) is 34.2 Å². The summed E-state index contributed by atoms with van der Waals surface area (Å²) in [6, 6.07) is 38.0. The molecule has 6 rings (SSSR count). The summed E-state index contributed by atoms with van der Waals surface area (Å²) in [7, 11) is 0. The fourth-order valence-electron chi connectivity index (χ4n) is 5.28. The van der Waals surface area contributed by atoms with Gasteiger partial charge in [-0.25, -0.2) is 4.98 Å². The van der Waals surface area contributed by atoms with Crippen molar-refractivity contribution in [1.82, 2.24) is 10.3 Å². The molecule has 54 heavy (non-hydrogen) atoms. The number of rotatable bonds is 14. The number of aromatic nitrogens is 1. The average Bonchev–Trinajstić information content (AvgIpc) is 3.66. The molecule has 3 N–H and O–H groups in total. The maximum absolute atomic E-state index is 13.9. The molecule has 1 atom stereocenters. The van der Waals surface area contributed by atoms with E-state index in [1.165, 1.54) is 47.4 Å². The van der Waals surface area contributed by atoms with Crippen molar-refractivity contribution in [3.05, 3.63) is 171 Å². The molecule has 0 bridgehead atoms. The van der Waals surface area contributed by atoms with Crippen molar-refractivity contribution in [2.45, 2.75) is 17.1 Å². The van der Waals surface area contributed by atoms with Gasteiger partial charge in [-0.15, -0.1) is 23.1 Å². The van der Waals surface area contributed by atoms with Gasteiger partial charge in [-0.3, -0.25) is 24.5 Å². The molecule has 3 amide bonds. The summed E-state index contributed by atoms with van der Waals surface area (Å²) in [4.78, 5) is 57.2. The quantitative estimate of drug-likeness (QED) is 0.0431. The molecule has 0 saturated heterocycles. The number of nitro benzene ring substituents is 1. The molecule has 6 aromatic rings. The van der Waals surface area contributed by atoms with Gasteiger partial charge in [0.1, 0.15) is 16.7 Å². The summed E-state index contributed by atoms with van der Waals surface area (Å²) in [5.41, 5.74) is 2.75. The van der Waals surface area contributed by atoms with E-state index >= 15 is 0 Å². The first-order valence-corrected chi connectivity index (χ1v) is 18.5. The monoisotopic (exact) mass is 755 g/mol. The fraction of sp³-hybridized carbons (Fsp3) is 0.0732. The number of nitrogens with one attached hydrogen (secondary N) is 3. The molecule has 0 radical (unpaired) electrons. The van der Waals surface area contributed by atoms with Gasteiger partial charge in [-0.1, -0.05) is 66.7 Å². The second-order valence-corrected chi connectivity index (χ2v) is 13.6. The molecule has 11 nitrogen and oxygen atoms in total. The number of anilines is 2. The van der Waals surface area contributed by atoms with Crippen LogP contribution in [0.5, 0.6) is 5.75 Å². The van der Waals surface area contributed by atoms with Crippen LogP contribution in [0, 0.1) is 10.1 Å². The van der Waals surface area contributed by atoms with Crippen LogP contribution in [0.2, 0.25) is 0 Å². The summed E-state index contributed by atoms with van der Waals surface area (Å²) in [6.45, 7) is 2.50. The molecule has 270 valence electrons. The number of ether oxygens (including phenoxy) is 1. The lowest BCUT2D eigenvalue weighted by Crippen LogP contribution is -2.30. The minimum atomic E-state index is -0.705. The summed E-state index contributed by atoms with van der Waals surface area (Å²) in [5.74, 6) is -0.791. The first-order valence-electron chi connectivity index (χ1n) is 16.7. The van der Waals surface area contributed by atoms with Crippen molar-refractivity contribution in [2.24, 2.45) is 0 Å². The predicted molar refractivity (Wildman–Crippen MR) is 212 cm³/mol. The zero-order chi connectivity index (χ0) is 37.9. The van der Waals surface area contributed by atoms with Gasteiger partial charge in [0, 0.05) is 33.2 Å². The predicted octanol–water partition coefficient (Wildman–Crippen LogP) is 9.00. The zero-order valence-electron chi connectivity index (χ0n) is 28.8. The number of para-hydroxylation sites is 1. The number of hydrogen-bond acceptors (Lipinski definition) is 9. The highest BCUT2D eigenvalue weighted by molar-refractivity contribution is 8.00. The van der Waals surface area contributed by atoms with E-state index in [2.05, 4.69) is 20.9 Å². The molecule has 0 aliphatic rings. The van der Waals surface area contributed by atoms with E-state index in [1.807, 2.05) is 73.0 Å². The number of benzene rings is 5. The van der Waals surface area contributed by atoms with Crippen LogP contribution >= 0.6 is 23.1 Å². The molecule has 5 aromatic carbocycles. The molecular formula is C41H33N5O6S2. The van der Waals surface area contributed by atoms with Gasteiger partial charge >= 0.3 is 0 Å². The van der Waals surface area contributed by atoms with Crippen LogP contribution in [0.15, 0.2) is 149 Å². The molecule has 0 aliphatic carbocycles. The molecular weight excluding hydrogens is 723 g/mol. The Bertz CT molecular complexity index is 2300. The largest absolute Gasteiger partial charge is 0.494 e. The van der Waals surface area contributed by atoms with Crippen LogP contribution in [0.25, 0.3) is 17.3 Å². The Balaban J connectivity index is 1.22. The third-order valence-corrected chi connectivity index (χ3v) is 9.85. The number of thioether (sulfide) groups is 1. The smallest absolute Gasteiger partial charge is 0.276 e. The highest BCUT2D eigenvalue weighted by atomic mass is 32.2. The van der Waals surface area contributed by atoms with E-state index in [-0.39, 0.29) is 22.9 Å². The Kier molecular flexibility index (Phi) is 12.2. The summed E-state index contributed by atoms with van der Waals surface area (Å²) in [5, 5.41) is 21.7. The van der Waals surface area contributed by atoms with Crippen molar-refractivity contribution in [3.8, 4) is 17.0 Å². The van der Waals surface area contributed by atoms with Crippen LogP contribution in [0.4, 0.5) is 16.5 Å². The maximum Gasteiger partial charge on any atom is 0.276 e. The second kappa shape index (κ2) is 17.8. The van der Waals surface area contributed by atoms with Crippen LogP contribution in [0.3, 0.4) is 0 Å². The normalized spacial score (nSPS) is 11.6. The molecule has 1 aromatic heterocycles. The number of amides is 3. The van der Waals surface area contributed by atoms with Gasteiger partial charge in [-0.2, -0.15) is 0 Å². The molecule has 0 fully saturated rings. The zero-order valence-corrected chi connectivity index (χ0v) is 30.4. The number of carbonyl (C=O) groups excluding carboxylic acids is 3. The first kappa shape index (κ1) is 37.2. The number of nitro groups is 1. The van der Waals surface area contributed by atoms with E-state index in [4.69, 9.17) is 4.74 Å². The van der Waals surface area contributed by atoms with Gasteiger partial charge in [0.05, 0.1) is 22.8 Å². The minimum Gasteiger partial charge on any atom is -0.494 e. The van der Waals surface area contributed by atoms with Gasteiger partial charge < -0.3 is 20.7 Å². The maximum atomic E-state index is 13.9. The minimum absolute atomic E-state index is 0.133. The average molecular weight is 756 g/mol.